The van der Waals surface area contributed by atoms with Crippen molar-refractivity contribution in [3.05, 3.63) is 230 Å². The van der Waals surface area contributed by atoms with Gasteiger partial charge in [0.05, 0.1) is 0 Å². The molecular formula is C74H64N2. The largest absolute Gasteiger partial charge is 0.335 e. The Balaban J connectivity index is 0.977. The molecule has 2 saturated carbocycles. The number of nitrogens with zero attached hydrogens (tertiary/aromatic N) is 2. The van der Waals surface area contributed by atoms with E-state index >= 15 is 0 Å². The lowest BCUT2D eigenvalue weighted by Crippen LogP contribution is -2.46. The van der Waals surface area contributed by atoms with Gasteiger partial charge in [0.1, 0.15) is 0 Å². The second kappa shape index (κ2) is 17.3. The summed E-state index contributed by atoms with van der Waals surface area (Å²) >= 11 is 0. The highest BCUT2D eigenvalue weighted by molar-refractivity contribution is 6.26. The summed E-state index contributed by atoms with van der Waals surface area (Å²) in [6, 6.07) is 83.8. The van der Waals surface area contributed by atoms with Gasteiger partial charge in [-0.3, -0.25) is 0 Å². The van der Waals surface area contributed by atoms with Gasteiger partial charge in [0.2, 0.25) is 0 Å². The van der Waals surface area contributed by atoms with Crippen molar-refractivity contribution in [3.8, 4) is 44.5 Å². The van der Waals surface area contributed by atoms with Crippen molar-refractivity contribution in [1.29, 1.82) is 0 Å². The molecule has 11 aromatic carbocycles. The molecule has 6 atom stereocenters. The minimum atomic E-state index is 0.0300. The molecule has 0 spiro atoms. The molecule has 2 nitrogen and oxygen atoms in total. The maximum atomic E-state index is 2.69. The Hall–Kier alpha value is -7.94. The predicted molar refractivity (Wildman–Crippen MR) is 324 cm³/mol. The first kappa shape index (κ1) is 45.5. The number of hydrogen-bond donors (Lipinski definition) is 0. The van der Waals surface area contributed by atoms with Crippen LogP contribution in [0.5, 0.6) is 0 Å². The molecule has 6 unspecified atom stereocenters. The standard InChI is InChI=1S/C74H64N2/c1-47-37-39-73(3)67(41-47)65-45-53(31-35-69(65)75(73)55-21-7-5-8-22-55)51-29-33-61-63(43-51)71(59-27-15-19-49-17-11-13-25-57(49)59)62-34-30-52(44-64(62)72(61)60-28-16-20-50-18-12-14-26-58(50)60)54-32-36-70-66(46-54)68-42-48(2)38-40-74(68,4)76(70)56-23-9-6-10-24-56/h5-36,43-48,67-68H,37-42H2,1-4H3. The Kier molecular flexibility index (Phi) is 10.3. The summed E-state index contributed by atoms with van der Waals surface area (Å²) in [4.78, 5) is 5.38. The smallest absolute Gasteiger partial charge is 0.0492 e. The van der Waals surface area contributed by atoms with Gasteiger partial charge in [0, 0.05) is 45.7 Å². The minimum Gasteiger partial charge on any atom is -0.335 e. The number of para-hydroxylation sites is 2. The molecule has 4 aliphatic rings. The van der Waals surface area contributed by atoms with Crippen LogP contribution in [0.2, 0.25) is 0 Å². The fraction of sp³-hybridized carbons (Fsp3) is 0.216. The van der Waals surface area contributed by atoms with Gasteiger partial charge in [-0.05, 0) is 224 Å². The summed E-state index contributed by atoms with van der Waals surface area (Å²) in [5.41, 5.74) is 18.6. The topological polar surface area (TPSA) is 6.48 Å². The Labute approximate surface area is 448 Å². The lowest BCUT2D eigenvalue weighted by atomic mass is 9.69. The molecule has 2 aliphatic heterocycles. The summed E-state index contributed by atoms with van der Waals surface area (Å²) < 4.78 is 0. The van der Waals surface area contributed by atoms with Gasteiger partial charge in [-0.2, -0.15) is 0 Å². The second-order valence-electron chi connectivity index (χ2n) is 23.8. The van der Waals surface area contributed by atoms with Crippen LogP contribution in [0.1, 0.15) is 89.2 Å². The summed E-state index contributed by atoms with van der Waals surface area (Å²) in [5, 5.41) is 10.2. The third-order valence-electron chi connectivity index (χ3n) is 19.3. The second-order valence-corrected chi connectivity index (χ2v) is 23.8. The fourth-order valence-electron chi connectivity index (χ4n) is 15.5. The molecule has 11 aromatic rings. The van der Waals surface area contributed by atoms with Crippen LogP contribution in [0.3, 0.4) is 0 Å². The van der Waals surface area contributed by atoms with E-state index in [1.807, 2.05) is 0 Å². The van der Waals surface area contributed by atoms with E-state index in [1.54, 1.807) is 0 Å². The van der Waals surface area contributed by atoms with E-state index in [-0.39, 0.29) is 11.1 Å². The van der Waals surface area contributed by atoms with Crippen LogP contribution < -0.4 is 9.80 Å². The normalized spacial score (nSPS) is 22.7. The maximum Gasteiger partial charge on any atom is 0.0492 e. The predicted octanol–water partition coefficient (Wildman–Crippen LogP) is 20.6. The monoisotopic (exact) mass is 981 g/mol. The molecule has 0 aromatic heterocycles. The zero-order valence-corrected chi connectivity index (χ0v) is 44.2. The van der Waals surface area contributed by atoms with E-state index in [2.05, 4.69) is 256 Å². The van der Waals surface area contributed by atoms with Crippen LogP contribution >= 0.6 is 0 Å². The minimum absolute atomic E-state index is 0.0300. The lowest BCUT2D eigenvalue weighted by Gasteiger charge is -2.45. The van der Waals surface area contributed by atoms with Crippen molar-refractivity contribution < 1.29 is 0 Å². The Morgan fingerprint density at radius 1 is 0.355 bits per heavy atom. The Morgan fingerprint density at radius 2 is 0.737 bits per heavy atom. The lowest BCUT2D eigenvalue weighted by molar-refractivity contribution is 0.237. The van der Waals surface area contributed by atoms with Crippen LogP contribution in [0.4, 0.5) is 22.7 Å². The summed E-state index contributed by atoms with van der Waals surface area (Å²) in [6.45, 7) is 9.99. The molecule has 2 fully saturated rings. The number of hydrogen-bond acceptors (Lipinski definition) is 2. The molecular weight excluding hydrogens is 917 g/mol. The highest BCUT2D eigenvalue weighted by atomic mass is 15.2. The van der Waals surface area contributed by atoms with Gasteiger partial charge in [0.15, 0.2) is 0 Å². The molecule has 2 heterocycles. The zero-order chi connectivity index (χ0) is 50.9. The van der Waals surface area contributed by atoms with Crippen molar-refractivity contribution in [2.75, 3.05) is 9.80 Å². The number of fused-ring (bicyclic) bond motifs is 10. The van der Waals surface area contributed by atoms with E-state index in [0.717, 1.165) is 0 Å². The molecule has 2 heteroatoms. The van der Waals surface area contributed by atoms with E-state index < -0.39 is 0 Å². The Bertz CT molecular complexity index is 3840. The van der Waals surface area contributed by atoms with Gasteiger partial charge in [-0.1, -0.05) is 172 Å². The average molecular weight is 981 g/mol. The molecule has 0 amide bonds. The molecule has 0 saturated heterocycles. The van der Waals surface area contributed by atoms with Crippen molar-refractivity contribution in [2.24, 2.45) is 11.8 Å². The number of rotatable bonds is 6. The van der Waals surface area contributed by atoms with Crippen molar-refractivity contribution in [1.82, 2.24) is 0 Å². The molecule has 76 heavy (non-hydrogen) atoms. The summed E-state index contributed by atoms with van der Waals surface area (Å²) in [6.07, 6.45) is 7.30. The van der Waals surface area contributed by atoms with E-state index in [4.69, 9.17) is 0 Å². The molecule has 0 radical (unpaired) electrons. The molecule has 370 valence electrons. The van der Waals surface area contributed by atoms with Crippen molar-refractivity contribution in [3.63, 3.8) is 0 Å². The van der Waals surface area contributed by atoms with Gasteiger partial charge in [-0.25, -0.2) is 0 Å². The van der Waals surface area contributed by atoms with Crippen LogP contribution in [0.15, 0.2) is 218 Å². The first-order valence-electron chi connectivity index (χ1n) is 28.2. The van der Waals surface area contributed by atoms with Gasteiger partial charge in [-0.15, -0.1) is 0 Å². The quantitative estimate of drug-likeness (QED) is 0.153. The van der Waals surface area contributed by atoms with Gasteiger partial charge in [0.25, 0.3) is 0 Å². The summed E-state index contributed by atoms with van der Waals surface area (Å²) in [5.74, 6) is 2.30. The third-order valence-corrected chi connectivity index (χ3v) is 19.3. The maximum absolute atomic E-state index is 2.69. The highest BCUT2D eigenvalue weighted by Crippen LogP contribution is 2.61. The zero-order valence-electron chi connectivity index (χ0n) is 44.2. The van der Waals surface area contributed by atoms with E-state index in [9.17, 15) is 0 Å². The molecule has 15 rings (SSSR count). The third kappa shape index (κ3) is 6.85. The SMILES string of the molecule is CC1CCC2(C)C(C1)c1cc(-c3ccc4c(-c5cccc6ccccc56)c5cc(-c6ccc7c(c6)C6CC(C)CCC6(C)N7c6ccccc6)ccc5c(-c5cccc6ccccc56)c4c3)ccc1N2c1ccccc1. The summed E-state index contributed by atoms with van der Waals surface area (Å²) in [7, 11) is 0. The van der Waals surface area contributed by atoms with E-state index in [1.165, 1.54) is 160 Å². The number of anilines is 4. The van der Waals surface area contributed by atoms with Gasteiger partial charge < -0.3 is 9.80 Å². The first-order chi connectivity index (χ1) is 37.2. The highest BCUT2D eigenvalue weighted by Gasteiger charge is 2.52. The fourth-order valence-corrected chi connectivity index (χ4v) is 15.5. The molecule has 2 aliphatic carbocycles. The molecule has 0 bridgehead atoms. The van der Waals surface area contributed by atoms with Crippen LogP contribution in [-0.4, -0.2) is 11.1 Å². The van der Waals surface area contributed by atoms with Crippen molar-refractivity contribution >= 4 is 65.8 Å². The molecule has 0 N–H and O–H groups in total. The van der Waals surface area contributed by atoms with Crippen molar-refractivity contribution in [2.45, 2.75) is 89.1 Å². The van der Waals surface area contributed by atoms with Gasteiger partial charge >= 0.3 is 0 Å². The van der Waals surface area contributed by atoms with Crippen LogP contribution in [-0.2, 0) is 0 Å². The number of benzene rings is 11. The Morgan fingerprint density at radius 3 is 1.18 bits per heavy atom. The average Bonchev–Trinajstić information content (AvgIpc) is 4.03. The first-order valence-corrected chi connectivity index (χ1v) is 28.2. The van der Waals surface area contributed by atoms with Crippen LogP contribution in [0, 0.1) is 11.8 Å². The van der Waals surface area contributed by atoms with E-state index in [0.29, 0.717) is 23.7 Å². The van der Waals surface area contributed by atoms with Crippen LogP contribution in [0.25, 0.3) is 87.6 Å².